The molecule has 0 aliphatic heterocycles. The van der Waals surface area contributed by atoms with E-state index in [9.17, 15) is 0 Å². The summed E-state index contributed by atoms with van der Waals surface area (Å²) in [5.41, 5.74) is 6.81. The van der Waals surface area contributed by atoms with Crippen LogP contribution in [0.2, 0.25) is 78.6 Å². The molecule has 0 aromatic heterocycles. The molecule has 0 nitrogen and oxygen atoms in total. The fraction of sp³-hybridized carbons (Fsp3) is 0.463. The maximum Gasteiger partial charge on any atom is 2.00 e. The Hall–Kier alpha value is -0.191. The van der Waals surface area contributed by atoms with Gasteiger partial charge >= 0.3 is 21.7 Å². The third-order valence-corrected chi connectivity index (χ3v) is 18.4. The summed E-state index contributed by atoms with van der Waals surface area (Å²) < 4.78 is 0. The molecule has 1 radical (unpaired) electrons. The van der Waals surface area contributed by atoms with Crippen LogP contribution in [-0.4, -0.2) is 41.8 Å². The number of rotatable bonds is 6. The molecule has 3 aromatic carbocycles. The van der Waals surface area contributed by atoms with E-state index in [0.717, 1.165) is 0 Å². The molecule has 0 N–H and O–H groups in total. The quantitative estimate of drug-likeness (QED) is 0.172. The molecule has 0 amide bonds. The first-order valence-corrected chi connectivity index (χ1v) is 32.3. The van der Waals surface area contributed by atoms with Crippen molar-refractivity contribution in [2.24, 2.45) is 5.92 Å². The van der Waals surface area contributed by atoms with Gasteiger partial charge in [0.05, 0.1) is 32.3 Å². The molecule has 9 heteroatoms. The molecule has 0 spiro atoms. The van der Waals surface area contributed by atoms with Gasteiger partial charge in [0.1, 0.15) is 9.52 Å². The Morgan fingerprint density at radius 2 is 0.800 bits per heavy atom. The van der Waals surface area contributed by atoms with Crippen molar-refractivity contribution in [3.8, 4) is 0 Å². The summed E-state index contributed by atoms with van der Waals surface area (Å²) in [6, 6.07) is 24.5. The number of aryl methyl sites for hydroxylation is 2. The van der Waals surface area contributed by atoms with Crippen LogP contribution in [0.5, 0.6) is 0 Å². The van der Waals surface area contributed by atoms with Gasteiger partial charge in [-0.25, -0.2) is 5.57 Å². The van der Waals surface area contributed by atoms with Gasteiger partial charge in [-0.1, -0.05) is 187 Å². The molecule has 0 heterocycles. The summed E-state index contributed by atoms with van der Waals surface area (Å²) in [7, 11) is -5.15. The van der Waals surface area contributed by atoms with Crippen LogP contribution in [0.3, 0.4) is 0 Å². The van der Waals surface area contributed by atoms with Gasteiger partial charge in [0, 0.05) is 0 Å². The number of benzene rings is 3. The van der Waals surface area contributed by atoms with Gasteiger partial charge in [0.15, 0.2) is 0 Å². The van der Waals surface area contributed by atoms with Crippen LogP contribution >= 0.6 is 37.2 Å². The SMILES string of the molecule is CC1=[C-]C(C)C(C)=C1C.C[Si](C)(C)c1cc([SiH]c2cc([Si](C)(C)C)cc([Si](C)(C)C)c2)cc([Si](C)(C)C)c1.Cc1c[c-]cc(C)c1.Cl.Cl.Cl.[Ti+2]. The van der Waals surface area contributed by atoms with Crippen molar-refractivity contribution >= 4 is 110 Å². The first-order chi connectivity index (χ1) is 20.8. The largest absolute Gasteiger partial charge is 2.00 e. The molecule has 1 unspecified atom stereocenters. The average molecular weight is 856 g/mol. The van der Waals surface area contributed by atoms with Gasteiger partial charge in [-0.05, 0) is 0 Å². The van der Waals surface area contributed by atoms with E-state index in [2.05, 4.69) is 175 Å². The number of hydrogen-bond donors (Lipinski definition) is 0. The second-order valence-corrected chi connectivity index (χ2v) is 39.6. The van der Waals surface area contributed by atoms with E-state index in [1.807, 2.05) is 12.1 Å². The van der Waals surface area contributed by atoms with Crippen molar-refractivity contribution in [3.05, 3.63) is 94.6 Å². The second-order valence-electron chi connectivity index (χ2n) is 17.7. The van der Waals surface area contributed by atoms with Crippen LogP contribution in [0, 0.1) is 31.9 Å². The third kappa shape index (κ3) is 17.3. The predicted molar refractivity (Wildman–Crippen MR) is 248 cm³/mol. The number of halogens is 3. The minimum Gasteiger partial charge on any atom is -0.266 e. The van der Waals surface area contributed by atoms with Crippen molar-refractivity contribution in [2.45, 2.75) is 120 Å². The van der Waals surface area contributed by atoms with Gasteiger partial charge in [0.2, 0.25) is 0 Å². The number of allylic oxidation sites excluding steroid dienone is 4. The monoisotopic (exact) mass is 853 g/mol. The molecule has 3 aromatic rings. The Morgan fingerprint density at radius 3 is 0.960 bits per heavy atom. The predicted octanol–water partition coefficient (Wildman–Crippen LogP) is 9.34. The fourth-order valence-electron chi connectivity index (χ4n) is 5.30. The van der Waals surface area contributed by atoms with Crippen molar-refractivity contribution in [3.63, 3.8) is 0 Å². The zero-order valence-electron chi connectivity index (χ0n) is 34.6. The zero-order chi connectivity index (χ0) is 35.4. The van der Waals surface area contributed by atoms with Gasteiger partial charge in [-0.15, -0.1) is 44.1 Å². The Bertz CT molecular complexity index is 1420. The Labute approximate surface area is 349 Å². The average Bonchev–Trinajstić information content (AvgIpc) is 3.12. The molecular formula is C41H68Cl3Si5Ti. The molecule has 1 aliphatic rings. The molecule has 277 valence electrons. The minimum atomic E-state index is -1.32. The van der Waals surface area contributed by atoms with Crippen molar-refractivity contribution in [1.29, 1.82) is 0 Å². The molecule has 1 atom stereocenters. The second kappa shape index (κ2) is 21.6. The van der Waals surface area contributed by atoms with E-state index in [4.69, 9.17) is 0 Å². The first kappa shape index (κ1) is 54.2. The Balaban J connectivity index is -0.000000864. The van der Waals surface area contributed by atoms with Crippen LogP contribution < -0.4 is 31.1 Å². The zero-order valence-corrected chi connectivity index (χ0v) is 43.7. The third-order valence-electron chi connectivity index (χ3n) is 9.02. The molecular weight excluding hydrogens is 787 g/mol. The summed E-state index contributed by atoms with van der Waals surface area (Å²) in [6.45, 7) is 42.7. The summed E-state index contributed by atoms with van der Waals surface area (Å²) in [5, 5.41) is 9.80. The van der Waals surface area contributed by atoms with E-state index in [1.54, 1.807) is 31.1 Å². The molecule has 0 fully saturated rings. The van der Waals surface area contributed by atoms with Crippen LogP contribution in [0.25, 0.3) is 0 Å². The van der Waals surface area contributed by atoms with E-state index >= 15 is 0 Å². The first-order valence-electron chi connectivity index (χ1n) is 17.2. The van der Waals surface area contributed by atoms with Crippen LogP contribution in [0.15, 0.2) is 71.3 Å². The summed E-state index contributed by atoms with van der Waals surface area (Å²) in [5.74, 6) is 0.560. The van der Waals surface area contributed by atoms with Gasteiger partial charge in [-0.3, -0.25) is 6.08 Å². The fourth-order valence-corrected chi connectivity index (χ4v) is 12.4. The maximum absolute atomic E-state index is 3.36. The Morgan fingerprint density at radius 1 is 0.500 bits per heavy atom. The van der Waals surface area contributed by atoms with E-state index in [-0.39, 0.29) is 68.5 Å². The van der Waals surface area contributed by atoms with Crippen molar-refractivity contribution in [2.75, 3.05) is 0 Å². The maximum atomic E-state index is 3.36. The molecule has 0 bridgehead atoms. The van der Waals surface area contributed by atoms with Gasteiger partial charge in [-0.2, -0.15) is 46.5 Å². The van der Waals surface area contributed by atoms with Gasteiger partial charge < -0.3 is 0 Å². The summed E-state index contributed by atoms with van der Waals surface area (Å²) in [6.07, 6.45) is 3.36. The summed E-state index contributed by atoms with van der Waals surface area (Å²) >= 11 is 0. The molecule has 1 aliphatic carbocycles. The molecule has 4 rings (SSSR count). The van der Waals surface area contributed by atoms with Crippen LogP contribution in [0.1, 0.15) is 38.8 Å². The van der Waals surface area contributed by atoms with E-state index < -0.39 is 32.3 Å². The minimum absolute atomic E-state index is 0. The van der Waals surface area contributed by atoms with E-state index in [1.165, 1.54) is 27.8 Å². The molecule has 50 heavy (non-hydrogen) atoms. The summed E-state index contributed by atoms with van der Waals surface area (Å²) in [4.78, 5) is 0. The standard InChI is InChI=1S/C24H43Si5.C9H13.C8H9.3ClH.Ti/c1-26(2,3)21-13-19(14-22(17-21)27(4,5)6)25-20-15-23(28(7,8)9)18-24(16-20)29(10,11)12;1-6-5-7(2)9(4)8(6)3;1-7-4-3-5-8(2)6-7;;;;/h13-18,25H,1-12H3;6H,1-4H3;4-6H,1-2H3;3*1H;/q;2*-1;;;;+2. The topological polar surface area (TPSA) is 0 Å². The van der Waals surface area contributed by atoms with E-state index in [0.29, 0.717) is 5.92 Å². The Kier molecular flexibility index (Phi) is 23.4. The molecule has 0 saturated carbocycles. The van der Waals surface area contributed by atoms with Crippen molar-refractivity contribution < 1.29 is 21.7 Å². The van der Waals surface area contributed by atoms with Crippen molar-refractivity contribution in [1.82, 2.24) is 0 Å². The van der Waals surface area contributed by atoms with Crippen LogP contribution in [0.4, 0.5) is 0 Å². The van der Waals surface area contributed by atoms with Crippen LogP contribution in [-0.2, 0) is 21.7 Å². The number of hydrogen-bond acceptors (Lipinski definition) is 0. The smallest absolute Gasteiger partial charge is 0.266 e. The normalized spacial score (nSPS) is 14.3. The van der Waals surface area contributed by atoms with Gasteiger partial charge in [0.25, 0.3) is 0 Å². The molecule has 0 saturated heterocycles.